The first-order chi connectivity index (χ1) is 33.9. The Kier molecular flexibility index (Phi) is 43.0. The Labute approximate surface area is 444 Å². The predicted octanol–water partition coefficient (Wildman–Crippen LogP) is 23.5. The molecular weight excluding hydrogens is 857 g/mol. The molecule has 0 aliphatic rings. The first kappa shape index (κ1) is 67.6. The monoisotopic (exact) mass is 973 g/mol. The number of aliphatic hydroxyl groups is 1. The third kappa shape index (κ3) is 46.1. The molecule has 1 heteroatoms. The van der Waals surface area contributed by atoms with Crippen molar-refractivity contribution < 1.29 is 5.11 Å². The van der Waals surface area contributed by atoms with Gasteiger partial charge in [0.25, 0.3) is 0 Å². The average molecular weight is 974 g/mol. The Morgan fingerprint density at radius 1 is 0.239 bits per heavy atom. The van der Waals surface area contributed by atoms with E-state index >= 15 is 0 Å². The zero-order chi connectivity index (χ0) is 53.1. The highest BCUT2D eigenvalue weighted by Gasteiger charge is 2.01. The van der Waals surface area contributed by atoms with E-state index in [0.29, 0.717) is 12.5 Å². The van der Waals surface area contributed by atoms with Crippen molar-refractivity contribution >= 4 is 0 Å². The molecule has 0 bridgehead atoms. The Morgan fingerprint density at radius 3 is 0.549 bits per heavy atom. The van der Waals surface area contributed by atoms with E-state index in [1.54, 1.807) is 0 Å². The fraction of sp³-hybridized carbons (Fsp3) is 0.629. The van der Waals surface area contributed by atoms with Crippen molar-refractivity contribution in [3.63, 3.8) is 0 Å². The van der Waals surface area contributed by atoms with Crippen LogP contribution >= 0.6 is 0 Å². The zero-order valence-electron chi connectivity index (χ0n) is 49.8. The summed E-state index contributed by atoms with van der Waals surface area (Å²) in [7, 11) is 0. The van der Waals surface area contributed by atoms with E-state index < -0.39 is 0 Å². The van der Waals surface area contributed by atoms with Crippen molar-refractivity contribution in [1.29, 1.82) is 0 Å². The summed E-state index contributed by atoms with van der Waals surface area (Å²) in [5.41, 5.74) is 19.7. The van der Waals surface area contributed by atoms with Crippen LogP contribution in [0.1, 0.15) is 277 Å². The minimum atomic E-state index is 0.310. The van der Waals surface area contributed by atoms with E-state index in [0.717, 1.165) is 83.5 Å². The van der Waals surface area contributed by atoms with Crippen molar-refractivity contribution in [2.24, 2.45) is 5.92 Å². The molecule has 0 aromatic rings. The van der Waals surface area contributed by atoms with Crippen LogP contribution in [0.5, 0.6) is 0 Å². The van der Waals surface area contributed by atoms with Gasteiger partial charge in [0.2, 0.25) is 0 Å². The van der Waals surface area contributed by atoms with Crippen molar-refractivity contribution in [1.82, 2.24) is 0 Å². The quantitative estimate of drug-likeness (QED) is 0.0606. The molecule has 71 heavy (non-hydrogen) atoms. The Balaban J connectivity index is 4.30. The van der Waals surface area contributed by atoms with E-state index in [1.165, 1.54) is 162 Å². The second-order valence-electron chi connectivity index (χ2n) is 22.5. The van der Waals surface area contributed by atoms with Gasteiger partial charge in [0.1, 0.15) is 0 Å². The summed E-state index contributed by atoms with van der Waals surface area (Å²) in [6, 6.07) is 0. The maximum absolute atomic E-state index is 9.09. The highest BCUT2D eigenvalue weighted by Crippen LogP contribution is 2.20. The second kappa shape index (κ2) is 45.2. The largest absolute Gasteiger partial charge is 0.396 e. The molecule has 402 valence electrons. The fourth-order valence-corrected chi connectivity index (χ4v) is 8.80. The van der Waals surface area contributed by atoms with Crippen LogP contribution in [0.2, 0.25) is 0 Å². The number of aliphatic hydroxyl groups excluding tert-OH is 1. The van der Waals surface area contributed by atoms with Gasteiger partial charge in [0.05, 0.1) is 0 Å². The lowest BCUT2D eigenvalue weighted by Crippen LogP contribution is -1.97. The van der Waals surface area contributed by atoms with Crippen LogP contribution in [0.25, 0.3) is 0 Å². The summed E-state index contributed by atoms with van der Waals surface area (Å²) in [6.07, 6.45) is 63.0. The van der Waals surface area contributed by atoms with Crippen molar-refractivity contribution in [2.45, 2.75) is 277 Å². The standard InChI is InChI=1S/C70H116O/c1-57(2)29-16-30-58(3)31-17-32-59(4)33-18-34-60(5)35-19-36-61(6)37-20-38-62(7)39-21-40-63(8)41-22-42-64(9)43-23-44-65(10)45-24-46-66(11)47-25-48-67(12)49-26-50-68(13)51-27-52-69(14)53-28-54-70(15)55-56-71/h29,31,33,35,37,39,41,43,45,47,49,51,53,70-71H,16-28,30,32,34,36,38,40,42,44,46,48,50,52,54-56H2,1-15H3/b58-31+,59-33+,60-35-,61-37-,62-39-,63-41-,64-43-,65-45-,66-47-,67-49-,68-51-,69-53-. The molecule has 0 aliphatic heterocycles. The number of hydrogen-bond acceptors (Lipinski definition) is 1. The molecule has 1 atom stereocenters. The number of rotatable bonds is 41. The van der Waals surface area contributed by atoms with Crippen LogP contribution in [0.4, 0.5) is 0 Å². The molecule has 0 aromatic carbocycles. The lowest BCUT2D eigenvalue weighted by atomic mass is 10.0. The van der Waals surface area contributed by atoms with Gasteiger partial charge in [-0.05, 0) is 276 Å². The lowest BCUT2D eigenvalue weighted by Gasteiger charge is -2.07. The molecule has 1 nitrogen and oxygen atoms in total. The SMILES string of the molecule is CC(C)=CCC/C(C)=C/CC/C(C)=C/CC/C(C)=C\CC/C(C)=C\CC/C(C)=C\CC/C(C)=C\CC/C(C)=C\CC/C(C)=C\CC/C(C)=C\CC/C(C)=C\CC/C(C)=C\CC/C(C)=C\CCC(C)CCO. The van der Waals surface area contributed by atoms with Gasteiger partial charge in [-0.2, -0.15) is 0 Å². The van der Waals surface area contributed by atoms with E-state index in [4.69, 9.17) is 5.11 Å². The van der Waals surface area contributed by atoms with Gasteiger partial charge < -0.3 is 5.11 Å². The summed E-state index contributed by atoms with van der Waals surface area (Å²) in [6.45, 7) is 34.6. The summed E-state index contributed by atoms with van der Waals surface area (Å²) < 4.78 is 0. The van der Waals surface area contributed by atoms with E-state index in [9.17, 15) is 0 Å². The minimum absolute atomic E-state index is 0.310. The van der Waals surface area contributed by atoms with Crippen molar-refractivity contribution in [2.75, 3.05) is 6.61 Å². The first-order valence-corrected chi connectivity index (χ1v) is 29.0. The van der Waals surface area contributed by atoms with Crippen LogP contribution in [0.15, 0.2) is 151 Å². The molecule has 0 heterocycles. The third-order valence-corrected chi connectivity index (χ3v) is 14.2. The van der Waals surface area contributed by atoms with E-state index in [2.05, 4.69) is 183 Å². The van der Waals surface area contributed by atoms with Crippen LogP contribution < -0.4 is 0 Å². The molecule has 0 spiro atoms. The molecule has 1 unspecified atom stereocenters. The Hall–Kier alpha value is -3.42. The maximum atomic E-state index is 9.09. The molecule has 0 radical (unpaired) electrons. The number of allylic oxidation sites excluding steroid dienone is 26. The van der Waals surface area contributed by atoms with Gasteiger partial charge in [-0.15, -0.1) is 0 Å². The molecule has 0 aliphatic carbocycles. The molecule has 0 fully saturated rings. The van der Waals surface area contributed by atoms with Crippen LogP contribution in [-0.2, 0) is 0 Å². The lowest BCUT2D eigenvalue weighted by molar-refractivity contribution is 0.259. The van der Waals surface area contributed by atoms with Crippen molar-refractivity contribution in [3.8, 4) is 0 Å². The third-order valence-electron chi connectivity index (χ3n) is 14.2. The molecule has 0 saturated heterocycles. The molecule has 0 amide bonds. The average Bonchev–Trinajstić information content (AvgIpc) is 3.29. The van der Waals surface area contributed by atoms with Crippen molar-refractivity contribution in [3.05, 3.63) is 151 Å². The van der Waals surface area contributed by atoms with E-state index in [-0.39, 0.29) is 0 Å². The van der Waals surface area contributed by atoms with E-state index in [1.807, 2.05) is 0 Å². The first-order valence-electron chi connectivity index (χ1n) is 29.0. The van der Waals surface area contributed by atoms with Gasteiger partial charge in [0, 0.05) is 6.61 Å². The number of hydrogen-bond donors (Lipinski definition) is 1. The summed E-state index contributed by atoms with van der Waals surface area (Å²) in [4.78, 5) is 0. The Morgan fingerprint density at radius 2 is 0.394 bits per heavy atom. The zero-order valence-corrected chi connectivity index (χ0v) is 49.8. The van der Waals surface area contributed by atoms with Gasteiger partial charge in [-0.25, -0.2) is 0 Å². The minimum Gasteiger partial charge on any atom is -0.396 e. The maximum Gasteiger partial charge on any atom is 0.0433 e. The fourth-order valence-electron chi connectivity index (χ4n) is 8.80. The van der Waals surface area contributed by atoms with Gasteiger partial charge in [-0.1, -0.05) is 158 Å². The topological polar surface area (TPSA) is 20.2 Å². The summed E-state index contributed by atoms with van der Waals surface area (Å²) in [5.74, 6) is 0.613. The predicted molar refractivity (Wildman–Crippen MR) is 325 cm³/mol. The normalized spacial score (nSPS) is 15.3. The Bertz CT molecular complexity index is 1840. The van der Waals surface area contributed by atoms with Gasteiger partial charge in [0.15, 0.2) is 0 Å². The molecular formula is C70H116O. The highest BCUT2D eigenvalue weighted by molar-refractivity contribution is 5.12. The highest BCUT2D eigenvalue weighted by atomic mass is 16.3. The molecule has 0 saturated carbocycles. The molecule has 1 N–H and O–H groups in total. The molecule has 0 rings (SSSR count). The second-order valence-corrected chi connectivity index (χ2v) is 22.5. The van der Waals surface area contributed by atoms with Crippen LogP contribution in [0.3, 0.4) is 0 Å². The smallest absolute Gasteiger partial charge is 0.0433 e. The van der Waals surface area contributed by atoms with Gasteiger partial charge >= 0.3 is 0 Å². The van der Waals surface area contributed by atoms with Gasteiger partial charge in [-0.3, -0.25) is 0 Å². The summed E-state index contributed by atoms with van der Waals surface area (Å²) >= 11 is 0. The van der Waals surface area contributed by atoms with Crippen LogP contribution in [-0.4, -0.2) is 11.7 Å². The summed E-state index contributed by atoms with van der Waals surface area (Å²) in [5, 5.41) is 9.09. The van der Waals surface area contributed by atoms with Crippen LogP contribution in [0, 0.1) is 5.92 Å². The molecule has 0 aromatic heterocycles.